The van der Waals surface area contributed by atoms with Crippen molar-refractivity contribution in [3.8, 4) is 0 Å². The third-order valence-electron chi connectivity index (χ3n) is 3.59. The molecule has 0 spiro atoms. The van der Waals surface area contributed by atoms with Gasteiger partial charge in [0.15, 0.2) is 5.78 Å². The lowest BCUT2D eigenvalue weighted by atomic mass is 10.1. The largest absolute Gasteiger partial charge is 0.397 e. The van der Waals surface area contributed by atoms with Crippen LogP contribution >= 0.6 is 0 Å². The number of nitrogens with one attached hydrogen (secondary N) is 1. The van der Waals surface area contributed by atoms with E-state index in [1.165, 1.54) is 6.92 Å². The maximum atomic E-state index is 12.3. The summed E-state index contributed by atoms with van der Waals surface area (Å²) < 4.78 is 1.94. The number of amides is 1. The molecule has 5 heteroatoms. The van der Waals surface area contributed by atoms with Crippen molar-refractivity contribution < 1.29 is 9.59 Å². The molecule has 21 heavy (non-hydrogen) atoms. The highest BCUT2D eigenvalue weighted by molar-refractivity contribution is 6.04. The zero-order valence-corrected chi connectivity index (χ0v) is 11.8. The Morgan fingerprint density at radius 3 is 2.48 bits per heavy atom. The molecule has 1 aliphatic rings. The summed E-state index contributed by atoms with van der Waals surface area (Å²) in [5.41, 5.74) is 8.25. The molecule has 0 atom stereocenters. The molecule has 1 aliphatic carbocycles. The highest BCUT2D eigenvalue weighted by Gasteiger charge is 2.27. The van der Waals surface area contributed by atoms with E-state index in [0.29, 0.717) is 28.7 Å². The van der Waals surface area contributed by atoms with Crippen LogP contribution in [-0.4, -0.2) is 16.3 Å². The van der Waals surface area contributed by atoms with Crippen molar-refractivity contribution in [3.05, 3.63) is 47.8 Å². The first-order valence-corrected chi connectivity index (χ1v) is 6.94. The molecule has 1 heterocycles. The van der Waals surface area contributed by atoms with Crippen LogP contribution in [0.3, 0.4) is 0 Å². The van der Waals surface area contributed by atoms with Crippen LogP contribution in [0.5, 0.6) is 0 Å². The van der Waals surface area contributed by atoms with Gasteiger partial charge >= 0.3 is 0 Å². The summed E-state index contributed by atoms with van der Waals surface area (Å²) >= 11 is 0. The average molecular weight is 283 g/mol. The quantitative estimate of drug-likeness (QED) is 0.847. The van der Waals surface area contributed by atoms with Crippen LogP contribution in [0.25, 0.3) is 0 Å². The maximum absolute atomic E-state index is 12.3. The fourth-order valence-corrected chi connectivity index (χ4v) is 2.32. The van der Waals surface area contributed by atoms with E-state index in [9.17, 15) is 9.59 Å². The summed E-state index contributed by atoms with van der Waals surface area (Å²) in [5.74, 6) is -0.183. The van der Waals surface area contributed by atoms with Gasteiger partial charge in [-0.1, -0.05) is 0 Å². The zero-order valence-electron chi connectivity index (χ0n) is 11.8. The lowest BCUT2D eigenvalue weighted by molar-refractivity contribution is 0.101. The Morgan fingerprint density at radius 1 is 1.24 bits per heavy atom. The highest BCUT2D eigenvalue weighted by atomic mass is 16.2. The van der Waals surface area contributed by atoms with Crippen LogP contribution in [0.4, 0.5) is 11.4 Å². The number of ketones is 1. The van der Waals surface area contributed by atoms with E-state index >= 15 is 0 Å². The summed E-state index contributed by atoms with van der Waals surface area (Å²) in [6, 6.07) is 8.93. The van der Waals surface area contributed by atoms with E-state index in [4.69, 9.17) is 5.73 Å². The number of nitrogen functional groups attached to an aromatic ring is 1. The van der Waals surface area contributed by atoms with Crippen LogP contribution in [-0.2, 0) is 0 Å². The van der Waals surface area contributed by atoms with Crippen molar-refractivity contribution in [3.63, 3.8) is 0 Å². The molecule has 1 saturated carbocycles. The van der Waals surface area contributed by atoms with Crippen molar-refractivity contribution in [2.45, 2.75) is 25.8 Å². The van der Waals surface area contributed by atoms with Crippen LogP contribution in [0.2, 0.25) is 0 Å². The molecule has 1 amide bonds. The molecule has 1 aromatic heterocycles. The zero-order chi connectivity index (χ0) is 15.0. The highest BCUT2D eigenvalue weighted by Crippen LogP contribution is 2.37. The molecule has 108 valence electrons. The lowest BCUT2D eigenvalue weighted by Gasteiger charge is -2.09. The minimum absolute atomic E-state index is 0.00302. The first-order chi connectivity index (χ1) is 10.0. The van der Waals surface area contributed by atoms with Gasteiger partial charge in [-0.05, 0) is 50.1 Å². The molecular formula is C16H17N3O2. The maximum Gasteiger partial charge on any atom is 0.272 e. The van der Waals surface area contributed by atoms with E-state index in [2.05, 4.69) is 5.32 Å². The molecule has 0 unspecified atom stereocenters. The minimum atomic E-state index is -0.186. The SMILES string of the molecule is CC(=O)c1ccc(NC(=O)c2cc(N)cn2C2CC2)cc1. The Kier molecular flexibility index (Phi) is 3.25. The van der Waals surface area contributed by atoms with E-state index in [1.54, 1.807) is 30.3 Å². The van der Waals surface area contributed by atoms with Gasteiger partial charge in [0.1, 0.15) is 5.69 Å². The summed E-state index contributed by atoms with van der Waals surface area (Å²) in [6.07, 6.45) is 3.98. The third-order valence-corrected chi connectivity index (χ3v) is 3.59. The first kappa shape index (κ1) is 13.4. The van der Waals surface area contributed by atoms with Gasteiger partial charge in [0.2, 0.25) is 0 Å². The number of carbonyl (C=O) groups is 2. The second-order valence-corrected chi connectivity index (χ2v) is 5.38. The topological polar surface area (TPSA) is 77.1 Å². The fourth-order valence-electron chi connectivity index (χ4n) is 2.32. The molecule has 3 N–H and O–H groups in total. The number of Topliss-reactive ketones (excluding diaryl/α,β-unsaturated/α-hetero) is 1. The van der Waals surface area contributed by atoms with Crippen molar-refractivity contribution in [1.82, 2.24) is 4.57 Å². The number of carbonyl (C=O) groups excluding carboxylic acids is 2. The molecule has 1 fully saturated rings. The van der Waals surface area contributed by atoms with E-state index in [1.807, 2.05) is 10.8 Å². The van der Waals surface area contributed by atoms with Gasteiger partial charge in [0.25, 0.3) is 5.91 Å². The van der Waals surface area contributed by atoms with Crippen LogP contribution < -0.4 is 11.1 Å². The molecule has 0 radical (unpaired) electrons. The van der Waals surface area contributed by atoms with Crippen molar-refractivity contribution in [2.24, 2.45) is 0 Å². The van der Waals surface area contributed by atoms with Gasteiger partial charge in [-0.25, -0.2) is 0 Å². The Morgan fingerprint density at radius 2 is 1.90 bits per heavy atom. The minimum Gasteiger partial charge on any atom is -0.397 e. The molecule has 0 aliphatic heterocycles. The van der Waals surface area contributed by atoms with Gasteiger partial charge in [-0.2, -0.15) is 0 Å². The molecular weight excluding hydrogens is 266 g/mol. The number of rotatable bonds is 4. The molecule has 0 bridgehead atoms. The Labute approximate surface area is 122 Å². The number of hydrogen-bond donors (Lipinski definition) is 2. The predicted molar refractivity (Wildman–Crippen MR) is 81.5 cm³/mol. The first-order valence-electron chi connectivity index (χ1n) is 6.94. The summed E-state index contributed by atoms with van der Waals surface area (Å²) in [7, 11) is 0. The van der Waals surface area contributed by atoms with Gasteiger partial charge in [0, 0.05) is 23.5 Å². The summed E-state index contributed by atoms with van der Waals surface area (Å²) in [6.45, 7) is 1.51. The van der Waals surface area contributed by atoms with Crippen molar-refractivity contribution in [2.75, 3.05) is 11.1 Å². The van der Waals surface area contributed by atoms with Crippen LogP contribution in [0.1, 0.15) is 46.7 Å². The van der Waals surface area contributed by atoms with Gasteiger partial charge in [0.05, 0.1) is 5.69 Å². The number of benzene rings is 1. The smallest absolute Gasteiger partial charge is 0.272 e. The van der Waals surface area contributed by atoms with Gasteiger partial charge in [-0.15, -0.1) is 0 Å². The third kappa shape index (κ3) is 2.81. The molecule has 3 rings (SSSR count). The van der Waals surface area contributed by atoms with E-state index in [-0.39, 0.29) is 11.7 Å². The molecule has 2 aromatic rings. The summed E-state index contributed by atoms with van der Waals surface area (Å²) in [5, 5.41) is 2.83. The number of hydrogen-bond acceptors (Lipinski definition) is 3. The number of nitrogens with two attached hydrogens (primary N) is 1. The summed E-state index contributed by atoms with van der Waals surface area (Å²) in [4.78, 5) is 23.6. The average Bonchev–Trinajstić information content (AvgIpc) is 3.22. The molecule has 5 nitrogen and oxygen atoms in total. The van der Waals surface area contributed by atoms with Gasteiger partial charge in [-0.3, -0.25) is 9.59 Å². The Bertz CT molecular complexity index is 697. The molecule has 0 saturated heterocycles. The van der Waals surface area contributed by atoms with Gasteiger partial charge < -0.3 is 15.6 Å². The predicted octanol–water partition coefficient (Wildman–Crippen LogP) is 2.86. The Balaban J connectivity index is 1.78. The van der Waals surface area contributed by atoms with E-state index in [0.717, 1.165) is 12.8 Å². The standard InChI is InChI=1S/C16H17N3O2/c1-10(20)11-2-4-13(5-3-11)18-16(21)15-8-12(17)9-19(15)14-6-7-14/h2-5,8-9,14H,6-7,17H2,1H3,(H,18,21). The normalized spacial score (nSPS) is 14.0. The second-order valence-electron chi connectivity index (χ2n) is 5.38. The number of aromatic nitrogens is 1. The monoisotopic (exact) mass is 283 g/mol. The molecule has 1 aromatic carbocycles. The second kappa shape index (κ2) is 5.09. The van der Waals surface area contributed by atoms with Crippen LogP contribution in [0, 0.1) is 0 Å². The number of nitrogens with zero attached hydrogens (tertiary/aromatic N) is 1. The number of anilines is 2. The Hall–Kier alpha value is -2.56. The van der Waals surface area contributed by atoms with Crippen molar-refractivity contribution in [1.29, 1.82) is 0 Å². The van der Waals surface area contributed by atoms with Crippen LogP contribution in [0.15, 0.2) is 36.5 Å². The van der Waals surface area contributed by atoms with E-state index < -0.39 is 0 Å². The fraction of sp³-hybridized carbons (Fsp3) is 0.250. The lowest BCUT2D eigenvalue weighted by Crippen LogP contribution is -2.16. The van der Waals surface area contributed by atoms with Crippen molar-refractivity contribution >= 4 is 23.1 Å².